The van der Waals surface area contributed by atoms with Crippen LogP contribution in [-0.2, 0) is 6.54 Å². The molecule has 0 unspecified atom stereocenters. The first kappa shape index (κ1) is 18.4. The predicted octanol–water partition coefficient (Wildman–Crippen LogP) is 1.84. The number of anilines is 2. The molecule has 0 bridgehead atoms. The number of rotatable bonds is 3. The van der Waals surface area contributed by atoms with E-state index in [1.54, 1.807) is 23.4 Å². The predicted molar refractivity (Wildman–Crippen MR) is 112 cm³/mol. The van der Waals surface area contributed by atoms with Crippen LogP contribution < -0.4 is 15.3 Å². The monoisotopic (exact) mass is 406 g/mol. The Hall–Kier alpha value is -3.62. The highest BCUT2D eigenvalue weighted by molar-refractivity contribution is 5.95. The van der Waals surface area contributed by atoms with E-state index >= 15 is 0 Å². The lowest BCUT2D eigenvalue weighted by molar-refractivity contribution is 0.0770. The molecule has 30 heavy (non-hydrogen) atoms. The molecule has 0 aromatic carbocycles. The van der Waals surface area contributed by atoms with Crippen molar-refractivity contribution in [2.24, 2.45) is 0 Å². The van der Waals surface area contributed by atoms with Crippen LogP contribution in [0.2, 0.25) is 0 Å². The largest absolute Gasteiger partial charge is 0.488 e. The molecule has 3 aromatic heterocycles. The fraction of sp³-hybridized carbons (Fsp3) is 0.333. The van der Waals surface area contributed by atoms with E-state index < -0.39 is 0 Å². The summed E-state index contributed by atoms with van der Waals surface area (Å²) in [6.45, 7) is 4.81. The molecule has 0 radical (unpaired) electrons. The van der Waals surface area contributed by atoms with Crippen molar-refractivity contribution >= 4 is 23.1 Å². The van der Waals surface area contributed by atoms with Gasteiger partial charge < -0.3 is 14.5 Å². The van der Waals surface area contributed by atoms with E-state index in [2.05, 4.69) is 16.2 Å². The summed E-state index contributed by atoms with van der Waals surface area (Å²) in [7, 11) is 0. The molecule has 1 amide bonds. The summed E-state index contributed by atoms with van der Waals surface area (Å²) in [5.41, 5.74) is 1.82. The van der Waals surface area contributed by atoms with Gasteiger partial charge in [-0.2, -0.15) is 0 Å². The zero-order chi connectivity index (χ0) is 20.7. The second kappa shape index (κ2) is 7.33. The van der Waals surface area contributed by atoms with E-state index in [-0.39, 0.29) is 11.6 Å². The van der Waals surface area contributed by atoms with E-state index in [0.29, 0.717) is 55.6 Å². The van der Waals surface area contributed by atoms with Crippen molar-refractivity contribution in [1.29, 1.82) is 0 Å². The van der Waals surface area contributed by atoms with Crippen LogP contribution >= 0.6 is 0 Å². The summed E-state index contributed by atoms with van der Waals surface area (Å²) < 4.78 is 8.77. The van der Waals surface area contributed by atoms with Crippen LogP contribution in [0.3, 0.4) is 0 Å². The Morgan fingerprint density at radius 1 is 1.23 bits per heavy atom. The first-order valence-electron chi connectivity index (χ1n) is 10.1. The van der Waals surface area contributed by atoms with Crippen molar-refractivity contribution in [3.05, 3.63) is 58.8 Å². The molecule has 0 N–H and O–H groups in total. The molecule has 5 rings (SSSR count). The highest BCUT2D eigenvalue weighted by Gasteiger charge is 2.25. The number of ether oxygens (including phenoxy) is 1. The van der Waals surface area contributed by atoms with Gasteiger partial charge in [-0.1, -0.05) is 12.2 Å². The molecule has 0 fully saturated rings. The van der Waals surface area contributed by atoms with Gasteiger partial charge in [-0.3, -0.25) is 9.20 Å². The van der Waals surface area contributed by atoms with E-state index in [1.807, 2.05) is 30.0 Å². The second-order valence-corrected chi connectivity index (χ2v) is 7.27. The third-order valence-corrected chi connectivity index (χ3v) is 5.43. The average molecular weight is 406 g/mol. The van der Waals surface area contributed by atoms with Crippen molar-refractivity contribution in [2.45, 2.75) is 19.9 Å². The molecular weight excluding hydrogens is 384 g/mol. The first-order chi connectivity index (χ1) is 14.7. The van der Waals surface area contributed by atoms with Gasteiger partial charge >= 0.3 is 5.69 Å². The van der Waals surface area contributed by atoms with E-state index in [9.17, 15) is 9.59 Å². The minimum absolute atomic E-state index is 0.0405. The molecule has 0 aliphatic carbocycles. The number of hydrogen-bond acceptors (Lipinski definition) is 6. The number of carbonyl (C=O) groups is 1. The van der Waals surface area contributed by atoms with Gasteiger partial charge in [0.15, 0.2) is 17.2 Å². The fourth-order valence-corrected chi connectivity index (χ4v) is 3.86. The van der Waals surface area contributed by atoms with E-state index in [4.69, 9.17) is 4.74 Å². The standard InChI is InChI=1S/C21H22N6O3/c1-2-27-21(29)26-9-6-16(13-18(26)23-27)25-10-11-30-17-12-15(14-22-19(17)25)20(28)24-7-4-3-5-8-24/h3-4,6,9,12-14H,2,5,7-8,10-11H2,1H3. The molecule has 2 aliphatic rings. The quantitative estimate of drug-likeness (QED) is 0.617. The van der Waals surface area contributed by atoms with Gasteiger partial charge in [0.1, 0.15) is 6.61 Å². The molecular formula is C21H22N6O3. The number of aryl methyl sites for hydroxylation is 1. The van der Waals surface area contributed by atoms with Crippen LogP contribution in [-0.4, -0.2) is 56.2 Å². The smallest absolute Gasteiger partial charge is 0.350 e. The maximum Gasteiger partial charge on any atom is 0.350 e. The number of fused-ring (bicyclic) bond motifs is 2. The number of amides is 1. The molecule has 0 saturated heterocycles. The maximum absolute atomic E-state index is 12.8. The fourth-order valence-electron chi connectivity index (χ4n) is 3.86. The number of carbonyl (C=O) groups excluding carboxylic acids is 1. The van der Waals surface area contributed by atoms with Gasteiger partial charge in [0.25, 0.3) is 5.91 Å². The van der Waals surface area contributed by atoms with E-state index in [0.717, 1.165) is 12.1 Å². The lowest BCUT2D eigenvalue weighted by atomic mass is 10.1. The summed E-state index contributed by atoms with van der Waals surface area (Å²) in [6.07, 6.45) is 8.30. The molecule has 9 nitrogen and oxygen atoms in total. The van der Waals surface area contributed by atoms with Gasteiger partial charge in [-0.05, 0) is 25.5 Å². The second-order valence-electron chi connectivity index (χ2n) is 7.27. The molecule has 3 aromatic rings. The van der Waals surface area contributed by atoms with Gasteiger partial charge in [-0.15, -0.1) is 5.10 Å². The van der Waals surface area contributed by atoms with Crippen molar-refractivity contribution < 1.29 is 9.53 Å². The van der Waals surface area contributed by atoms with Crippen molar-refractivity contribution in [3.8, 4) is 5.75 Å². The average Bonchev–Trinajstić information content (AvgIpc) is 3.13. The number of hydrogen-bond donors (Lipinski definition) is 0. The summed E-state index contributed by atoms with van der Waals surface area (Å²) in [4.78, 5) is 33.4. The van der Waals surface area contributed by atoms with Crippen molar-refractivity contribution in [1.82, 2.24) is 24.1 Å². The van der Waals surface area contributed by atoms with E-state index in [1.165, 1.54) is 9.08 Å². The molecule has 2 aliphatic heterocycles. The Bertz CT molecular complexity index is 1210. The molecule has 9 heteroatoms. The van der Waals surface area contributed by atoms with Gasteiger partial charge in [0.05, 0.1) is 12.1 Å². The van der Waals surface area contributed by atoms with Gasteiger partial charge in [0, 0.05) is 43.8 Å². The van der Waals surface area contributed by atoms with Crippen LogP contribution in [0.1, 0.15) is 23.7 Å². The van der Waals surface area contributed by atoms with Crippen LogP contribution in [0, 0.1) is 0 Å². The summed E-state index contributed by atoms with van der Waals surface area (Å²) in [6, 6.07) is 5.50. The zero-order valence-electron chi connectivity index (χ0n) is 16.7. The highest BCUT2D eigenvalue weighted by Crippen LogP contribution is 2.35. The lowest BCUT2D eigenvalue weighted by Gasteiger charge is -2.30. The van der Waals surface area contributed by atoms with Crippen LogP contribution in [0.5, 0.6) is 5.75 Å². The third-order valence-electron chi connectivity index (χ3n) is 5.43. The Labute approximate surface area is 172 Å². The van der Waals surface area contributed by atoms with Gasteiger partial charge in [0.2, 0.25) is 0 Å². The molecule has 5 heterocycles. The van der Waals surface area contributed by atoms with Crippen LogP contribution in [0.25, 0.3) is 5.65 Å². The minimum Gasteiger partial charge on any atom is -0.488 e. The Kier molecular flexibility index (Phi) is 4.50. The first-order valence-corrected chi connectivity index (χ1v) is 10.1. The number of pyridine rings is 2. The SMILES string of the molecule is CCn1nc2cc(N3CCOc4cc(C(=O)N5CC=CCC5)cnc43)ccn2c1=O. The number of nitrogens with zero attached hydrogens (tertiary/aromatic N) is 6. The normalized spacial score (nSPS) is 15.9. The topological polar surface area (TPSA) is 85.0 Å². The Morgan fingerprint density at radius 2 is 2.13 bits per heavy atom. The van der Waals surface area contributed by atoms with Crippen molar-refractivity contribution in [3.63, 3.8) is 0 Å². The van der Waals surface area contributed by atoms with Crippen LogP contribution in [0.4, 0.5) is 11.5 Å². The Balaban J connectivity index is 1.48. The highest BCUT2D eigenvalue weighted by atomic mass is 16.5. The summed E-state index contributed by atoms with van der Waals surface area (Å²) >= 11 is 0. The third kappa shape index (κ3) is 3.02. The van der Waals surface area contributed by atoms with Gasteiger partial charge in [-0.25, -0.2) is 14.5 Å². The molecule has 0 saturated carbocycles. The van der Waals surface area contributed by atoms with Crippen LogP contribution in [0.15, 0.2) is 47.5 Å². The zero-order valence-corrected chi connectivity index (χ0v) is 16.7. The van der Waals surface area contributed by atoms with Crippen molar-refractivity contribution in [2.75, 3.05) is 31.1 Å². The molecule has 0 spiro atoms. The lowest BCUT2D eigenvalue weighted by Crippen LogP contribution is -2.34. The number of aromatic nitrogens is 4. The molecule has 0 atom stereocenters. The summed E-state index contributed by atoms with van der Waals surface area (Å²) in [5.74, 6) is 1.19. The molecule has 154 valence electrons. The maximum atomic E-state index is 12.8. The summed E-state index contributed by atoms with van der Waals surface area (Å²) in [5, 5.41) is 4.36. The Morgan fingerprint density at radius 3 is 2.93 bits per heavy atom. The minimum atomic E-state index is -0.157.